The average Bonchev–Trinajstić information content (AvgIpc) is 2.71. The van der Waals surface area contributed by atoms with Gasteiger partial charge < -0.3 is 5.11 Å². The van der Waals surface area contributed by atoms with Crippen molar-refractivity contribution in [2.45, 2.75) is 39.0 Å². The Morgan fingerprint density at radius 2 is 1.79 bits per heavy atom. The zero-order valence-corrected chi connectivity index (χ0v) is 11.9. The van der Waals surface area contributed by atoms with E-state index in [0.717, 1.165) is 10.9 Å². The van der Waals surface area contributed by atoms with Crippen molar-refractivity contribution in [2.24, 2.45) is 0 Å². The molecular weight excluding hydrogens is 272 g/mol. The molecular formula is C11H16N2O5S. The monoisotopic (exact) mass is 288 g/mol. The first-order chi connectivity index (χ1) is 8.60. The molecule has 0 fully saturated rings. The van der Waals surface area contributed by atoms with Crippen LogP contribution in [0.4, 0.5) is 0 Å². The summed E-state index contributed by atoms with van der Waals surface area (Å²) in [6.45, 7) is 6.09. The summed E-state index contributed by atoms with van der Waals surface area (Å²) in [5, 5.41) is 10.7. The van der Waals surface area contributed by atoms with Crippen LogP contribution in [-0.2, 0) is 9.84 Å². The Kier molecular flexibility index (Phi) is 4.14. The summed E-state index contributed by atoms with van der Waals surface area (Å²) >= 11 is 0. The number of carbonyl (C=O) groups excluding carboxylic acids is 1. The molecule has 106 valence electrons. The summed E-state index contributed by atoms with van der Waals surface area (Å²) in [6.07, 6.45) is 0.991. The van der Waals surface area contributed by atoms with Gasteiger partial charge in [-0.05, 0) is 27.7 Å². The van der Waals surface area contributed by atoms with Crippen LogP contribution in [0.2, 0.25) is 0 Å². The molecule has 0 amide bonds. The minimum absolute atomic E-state index is 0.325. The van der Waals surface area contributed by atoms with Gasteiger partial charge in [-0.2, -0.15) is 5.10 Å². The summed E-state index contributed by atoms with van der Waals surface area (Å²) in [4.78, 5) is 23.2. The molecule has 0 aliphatic heterocycles. The summed E-state index contributed by atoms with van der Waals surface area (Å²) in [7, 11) is -4.07. The van der Waals surface area contributed by atoms with Gasteiger partial charge in [0.2, 0.25) is 9.84 Å². The van der Waals surface area contributed by atoms with Crippen LogP contribution in [0, 0.1) is 0 Å². The van der Waals surface area contributed by atoms with Crippen LogP contribution < -0.4 is 0 Å². The molecule has 0 saturated carbocycles. The number of nitrogens with zero attached hydrogens (tertiary/aromatic N) is 2. The Morgan fingerprint density at radius 1 is 1.26 bits per heavy atom. The molecule has 1 rings (SSSR count). The van der Waals surface area contributed by atoms with Gasteiger partial charge in [-0.1, -0.05) is 0 Å². The summed E-state index contributed by atoms with van der Waals surface area (Å²) in [5.41, 5.74) is -0.792. The molecule has 0 radical (unpaired) electrons. The number of carboxylic acids is 1. The van der Waals surface area contributed by atoms with Crippen molar-refractivity contribution in [3.8, 4) is 0 Å². The Hall–Kier alpha value is -1.70. The quantitative estimate of drug-likeness (QED) is 0.890. The Labute approximate surface area is 111 Å². The maximum Gasteiger partial charge on any atom is 0.339 e. The fourth-order valence-electron chi connectivity index (χ4n) is 1.46. The van der Waals surface area contributed by atoms with E-state index in [-0.39, 0.29) is 6.04 Å². The number of aromatic nitrogens is 2. The van der Waals surface area contributed by atoms with Crippen LogP contribution in [0.5, 0.6) is 0 Å². The van der Waals surface area contributed by atoms with Crippen molar-refractivity contribution >= 4 is 20.9 Å². The van der Waals surface area contributed by atoms with Crippen molar-refractivity contribution < 1.29 is 23.1 Å². The summed E-state index contributed by atoms with van der Waals surface area (Å²) in [5.74, 6) is -1.38. The highest BCUT2D eigenvalue weighted by molar-refractivity contribution is 8.07. The SMILES string of the molecule is CC(C)n1ncc(C(=O)O)c1C(=O)S(=O)(=O)C(C)C. The second-order valence-corrected chi connectivity index (χ2v) is 7.04. The molecule has 0 aliphatic rings. The lowest BCUT2D eigenvalue weighted by atomic mass is 10.2. The van der Waals surface area contributed by atoms with Crippen LogP contribution in [-0.4, -0.2) is 39.6 Å². The minimum Gasteiger partial charge on any atom is -0.478 e. The van der Waals surface area contributed by atoms with E-state index < -0.39 is 37.4 Å². The van der Waals surface area contributed by atoms with Gasteiger partial charge in [0.1, 0.15) is 11.3 Å². The molecule has 0 aromatic carbocycles. The lowest BCUT2D eigenvalue weighted by Crippen LogP contribution is -2.28. The standard InChI is InChI=1S/C11H16N2O5S/c1-6(2)13-9(8(5-12-13)10(14)15)11(16)19(17,18)7(3)4/h5-7H,1-4H3,(H,14,15). The van der Waals surface area contributed by atoms with Gasteiger partial charge in [0.25, 0.3) is 5.12 Å². The predicted octanol–water partition coefficient (Wildman–Crippen LogP) is 1.13. The molecule has 1 heterocycles. The zero-order valence-electron chi connectivity index (χ0n) is 11.1. The summed E-state index contributed by atoms with van der Waals surface area (Å²) in [6, 6.07) is -0.325. The number of hydrogen-bond donors (Lipinski definition) is 1. The van der Waals surface area contributed by atoms with Crippen molar-refractivity contribution in [3.63, 3.8) is 0 Å². The third-order valence-corrected chi connectivity index (χ3v) is 4.54. The molecule has 1 N–H and O–H groups in total. The third kappa shape index (κ3) is 2.67. The van der Waals surface area contributed by atoms with Gasteiger partial charge in [0.05, 0.1) is 11.4 Å². The fraction of sp³-hybridized carbons (Fsp3) is 0.545. The van der Waals surface area contributed by atoms with Gasteiger partial charge >= 0.3 is 5.97 Å². The van der Waals surface area contributed by atoms with Crippen molar-refractivity contribution in [3.05, 3.63) is 17.5 Å². The number of carboxylic acid groups (broad SMARTS) is 1. The topological polar surface area (TPSA) is 106 Å². The van der Waals surface area contributed by atoms with E-state index in [1.54, 1.807) is 13.8 Å². The first-order valence-corrected chi connectivity index (χ1v) is 7.24. The number of hydrogen-bond acceptors (Lipinski definition) is 5. The zero-order chi connectivity index (χ0) is 15.0. The largest absolute Gasteiger partial charge is 0.478 e. The minimum atomic E-state index is -4.07. The third-order valence-electron chi connectivity index (χ3n) is 2.59. The molecule has 0 spiro atoms. The van der Waals surface area contributed by atoms with Gasteiger partial charge in [-0.25, -0.2) is 13.2 Å². The van der Waals surface area contributed by atoms with Gasteiger partial charge in [0.15, 0.2) is 0 Å². The van der Waals surface area contributed by atoms with E-state index in [2.05, 4.69) is 5.10 Å². The molecule has 0 bridgehead atoms. The Morgan fingerprint density at radius 3 is 2.16 bits per heavy atom. The highest BCUT2D eigenvalue weighted by atomic mass is 32.2. The first kappa shape index (κ1) is 15.4. The van der Waals surface area contributed by atoms with Crippen LogP contribution in [0.1, 0.15) is 54.6 Å². The van der Waals surface area contributed by atoms with E-state index in [4.69, 9.17) is 5.11 Å². The van der Waals surface area contributed by atoms with Crippen LogP contribution in [0.25, 0.3) is 0 Å². The van der Waals surface area contributed by atoms with E-state index in [1.807, 2.05) is 0 Å². The molecule has 1 aromatic heterocycles. The van der Waals surface area contributed by atoms with E-state index in [0.29, 0.717) is 0 Å². The van der Waals surface area contributed by atoms with Gasteiger partial charge in [-0.15, -0.1) is 0 Å². The molecule has 0 unspecified atom stereocenters. The highest BCUT2D eigenvalue weighted by Crippen LogP contribution is 2.19. The second-order valence-electron chi connectivity index (χ2n) is 4.63. The lowest BCUT2D eigenvalue weighted by molar-refractivity contribution is 0.0693. The van der Waals surface area contributed by atoms with E-state index >= 15 is 0 Å². The molecule has 7 nitrogen and oxygen atoms in total. The Bertz CT molecular complexity index is 613. The molecule has 8 heteroatoms. The number of rotatable bonds is 4. The highest BCUT2D eigenvalue weighted by Gasteiger charge is 2.34. The molecule has 19 heavy (non-hydrogen) atoms. The first-order valence-electron chi connectivity index (χ1n) is 5.69. The lowest BCUT2D eigenvalue weighted by Gasteiger charge is -2.12. The van der Waals surface area contributed by atoms with Crippen molar-refractivity contribution in [1.29, 1.82) is 0 Å². The van der Waals surface area contributed by atoms with Crippen molar-refractivity contribution in [1.82, 2.24) is 9.78 Å². The van der Waals surface area contributed by atoms with Gasteiger partial charge in [0, 0.05) is 6.04 Å². The fourth-order valence-corrected chi connectivity index (χ4v) is 2.36. The molecule has 0 aliphatic carbocycles. The average molecular weight is 288 g/mol. The van der Waals surface area contributed by atoms with Crippen LogP contribution in [0.15, 0.2) is 6.20 Å². The molecule has 0 atom stereocenters. The second kappa shape index (κ2) is 5.12. The van der Waals surface area contributed by atoms with Crippen molar-refractivity contribution in [2.75, 3.05) is 0 Å². The van der Waals surface area contributed by atoms with Gasteiger partial charge in [-0.3, -0.25) is 9.48 Å². The number of aromatic carboxylic acids is 1. The van der Waals surface area contributed by atoms with Crippen LogP contribution in [0.3, 0.4) is 0 Å². The maximum atomic E-state index is 12.1. The maximum absolute atomic E-state index is 12.1. The van der Waals surface area contributed by atoms with E-state index in [1.165, 1.54) is 13.8 Å². The summed E-state index contributed by atoms with van der Waals surface area (Å²) < 4.78 is 24.9. The van der Waals surface area contributed by atoms with Crippen LogP contribution >= 0.6 is 0 Å². The smallest absolute Gasteiger partial charge is 0.339 e. The number of sulfone groups is 1. The molecule has 1 aromatic rings. The normalized spacial score (nSPS) is 12.1. The Balaban J connectivity index is 3.53. The number of carbonyl (C=O) groups is 2. The predicted molar refractivity (Wildman–Crippen MR) is 68.0 cm³/mol. The van der Waals surface area contributed by atoms with E-state index in [9.17, 15) is 18.0 Å². The molecule has 0 saturated heterocycles.